The van der Waals surface area contributed by atoms with Crippen LogP contribution >= 0.6 is 38.5 Å². The molecule has 0 saturated carbocycles. The maximum absolute atomic E-state index is 13.1. The van der Waals surface area contributed by atoms with Gasteiger partial charge in [-0.25, -0.2) is 4.39 Å². The minimum atomic E-state index is -0.345. The lowest BCUT2D eigenvalue weighted by atomic mass is 10.2. The number of hydrogen-bond acceptors (Lipinski definition) is 1. The molecule has 11 heavy (non-hydrogen) atoms. The zero-order chi connectivity index (χ0) is 8.43. The average molecular weight is 331 g/mol. The molecule has 0 fully saturated rings. The number of aliphatic hydroxyl groups is 1. The second-order valence-electron chi connectivity index (χ2n) is 1.99. The molecule has 0 bridgehead atoms. The first-order chi connectivity index (χ1) is 5.16. The molecule has 1 N–H and O–H groups in total. The van der Waals surface area contributed by atoms with Crippen molar-refractivity contribution in [1.82, 2.24) is 0 Å². The summed E-state index contributed by atoms with van der Waals surface area (Å²) in [6, 6.07) is 3.28. The van der Waals surface area contributed by atoms with E-state index >= 15 is 0 Å². The molecular weight excluding hydrogens is 326 g/mol. The van der Waals surface area contributed by atoms with Crippen molar-refractivity contribution in [2.24, 2.45) is 0 Å². The predicted molar refractivity (Wildman–Crippen MR) is 52.7 cm³/mol. The lowest BCUT2D eigenvalue weighted by Gasteiger charge is -2.02. The summed E-state index contributed by atoms with van der Waals surface area (Å²) in [5.41, 5.74) is 0.331. The molecule has 1 nitrogen and oxygen atoms in total. The summed E-state index contributed by atoms with van der Waals surface area (Å²) in [7, 11) is 0. The Bertz CT molecular complexity index is 277. The van der Waals surface area contributed by atoms with E-state index in [9.17, 15) is 4.39 Å². The number of halogens is 3. The molecule has 0 aliphatic heterocycles. The van der Waals surface area contributed by atoms with Crippen LogP contribution in [0.25, 0.3) is 0 Å². The third-order valence-electron chi connectivity index (χ3n) is 1.29. The second-order valence-corrected chi connectivity index (χ2v) is 3.93. The van der Waals surface area contributed by atoms with Gasteiger partial charge in [-0.15, -0.1) is 0 Å². The van der Waals surface area contributed by atoms with Crippen molar-refractivity contribution in [1.29, 1.82) is 0 Å². The van der Waals surface area contributed by atoms with Crippen LogP contribution in [0.5, 0.6) is 0 Å². The predicted octanol–water partition coefficient (Wildman–Crippen LogP) is 2.69. The third kappa shape index (κ3) is 1.91. The third-order valence-corrected chi connectivity index (χ3v) is 3.74. The molecule has 0 radical (unpaired) electrons. The number of benzene rings is 1. The van der Waals surface area contributed by atoms with Gasteiger partial charge >= 0.3 is 0 Å². The molecule has 60 valence electrons. The van der Waals surface area contributed by atoms with E-state index in [4.69, 9.17) is 5.11 Å². The van der Waals surface area contributed by atoms with E-state index in [0.29, 0.717) is 13.6 Å². The maximum atomic E-state index is 13.1. The van der Waals surface area contributed by atoms with Gasteiger partial charge in [-0.2, -0.15) is 0 Å². The Morgan fingerprint density at radius 1 is 1.55 bits per heavy atom. The van der Waals surface area contributed by atoms with Gasteiger partial charge in [-0.05, 0) is 44.6 Å². The fourth-order valence-electron chi connectivity index (χ4n) is 0.688. The first kappa shape index (κ1) is 9.41. The van der Waals surface area contributed by atoms with E-state index in [0.717, 1.165) is 0 Å². The van der Waals surface area contributed by atoms with E-state index in [1.165, 1.54) is 0 Å². The van der Waals surface area contributed by atoms with E-state index in [-0.39, 0.29) is 12.4 Å². The van der Waals surface area contributed by atoms with Crippen LogP contribution < -0.4 is 0 Å². The Morgan fingerprint density at radius 2 is 2.18 bits per heavy atom. The quantitative estimate of drug-likeness (QED) is 0.620. The second kappa shape index (κ2) is 3.82. The van der Waals surface area contributed by atoms with Gasteiger partial charge in [0, 0.05) is 10.0 Å². The molecule has 1 aromatic rings. The number of aliphatic hydroxyl groups excluding tert-OH is 1. The minimum absolute atomic E-state index is 0.255. The molecule has 0 heterocycles. The topological polar surface area (TPSA) is 20.2 Å². The average Bonchev–Trinajstić information content (AvgIpc) is 2.01. The fourth-order valence-corrected chi connectivity index (χ4v) is 1.52. The molecule has 1 rings (SSSR count). The van der Waals surface area contributed by atoms with Crippen LogP contribution in [-0.4, -0.2) is 5.11 Å². The van der Waals surface area contributed by atoms with Crippen molar-refractivity contribution < 1.29 is 9.50 Å². The molecular formula is C7H5BrFIO. The molecule has 0 saturated heterocycles. The van der Waals surface area contributed by atoms with Crippen LogP contribution in [0.1, 0.15) is 5.56 Å². The van der Waals surface area contributed by atoms with E-state index in [1.807, 2.05) is 22.6 Å². The van der Waals surface area contributed by atoms with Gasteiger partial charge in [-0.1, -0.05) is 6.07 Å². The Labute approximate surface area is 85.9 Å². The summed E-state index contributed by atoms with van der Waals surface area (Å²) in [5, 5.41) is 8.68. The van der Waals surface area contributed by atoms with Gasteiger partial charge in [-0.3, -0.25) is 0 Å². The van der Waals surface area contributed by atoms with Crippen LogP contribution in [0.2, 0.25) is 0 Å². The molecule has 0 aromatic heterocycles. The van der Waals surface area contributed by atoms with Crippen molar-refractivity contribution in [2.75, 3.05) is 0 Å². The highest BCUT2D eigenvalue weighted by atomic mass is 127. The molecule has 0 amide bonds. The van der Waals surface area contributed by atoms with Crippen molar-refractivity contribution >= 4 is 38.5 Å². The highest BCUT2D eigenvalue weighted by molar-refractivity contribution is 14.1. The summed E-state index contributed by atoms with van der Waals surface area (Å²) in [6.07, 6.45) is 0. The Balaban J connectivity index is 3.25. The van der Waals surface area contributed by atoms with Gasteiger partial charge in [0.05, 0.1) is 10.2 Å². The Morgan fingerprint density at radius 3 is 2.73 bits per heavy atom. The van der Waals surface area contributed by atoms with Gasteiger partial charge < -0.3 is 5.11 Å². The van der Waals surface area contributed by atoms with Crippen LogP contribution in [0.4, 0.5) is 4.39 Å². The van der Waals surface area contributed by atoms with Crippen LogP contribution in [0.3, 0.4) is 0 Å². The number of hydrogen-bond donors (Lipinski definition) is 1. The zero-order valence-corrected chi connectivity index (χ0v) is 9.19. The number of rotatable bonds is 1. The highest BCUT2D eigenvalue weighted by Crippen LogP contribution is 2.24. The standard InChI is InChI=1S/C7H5BrFIO/c8-5-2-1-4(3-11)6(9)7(5)10/h1-2,11H,3H2. The summed E-state index contributed by atoms with van der Waals surface area (Å²) >= 11 is 5.07. The summed E-state index contributed by atoms with van der Waals surface area (Å²) in [5.74, 6) is -0.345. The smallest absolute Gasteiger partial charge is 0.143 e. The van der Waals surface area contributed by atoms with E-state index in [1.54, 1.807) is 12.1 Å². The molecule has 1 aromatic carbocycles. The van der Waals surface area contributed by atoms with Gasteiger partial charge in [0.1, 0.15) is 5.82 Å². The normalized spacial score (nSPS) is 10.2. The van der Waals surface area contributed by atoms with E-state index < -0.39 is 0 Å². The molecule has 4 heteroatoms. The molecule has 0 spiro atoms. The van der Waals surface area contributed by atoms with Crippen molar-refractivity contribution in [3.05, 3.63) is 31.6 Å². The van der Waals surface area contributed by atoms with Crippen molar-refractivity contribution in [3.8, 4) is 0 Å². The van der Waals surface area contributed by atoms with Crippen LogP contribution in [0, 0.1) is 9.39 Å². The monoisotopic (exact) mass is 330 g/mol. The van der Waals surface area contributed by atoms with Gasteiger partial charge in [0.25, 0.3) is 0 Å². The van der Waals surface area contributed by atoms with Crippen molar-refractivity contribution in [2.45, 2.75) is 6.61 Å². The van der Waals surface area contributed by atoms with Crippen LogP contribution in [-0.2, 0) is 6.61 Å². The maximum Gasteiger partial charge on any atom is 0.143 e. The summed E-state index contributed by atoms with van der Waals surface area (Å²) in [4.78, 5) is 0. The van der Waals surface area contributed by atoms with E-state index in [2.05, 4.69) is 15.9 Å². The van der Waals surface area contributed by atoms with Gasteiger partial charge in [0.15, 0.2) is 0 Å². The molecule has 0 atom stereocenters. The fraction of sp³-hybridized carbons (Fsp3) is 0.143. The minimum Gasteiger partial charge on any atom is -0.392 e. The summed E-state index contributed by atoms with van der Waals surface area (Å²) < 4.78 is 14.3. The summed E-state index contributed by atoms with van der Waals surface area (Å²) in [6.45, 7) is -0.255. The highest BCUT2D eigenvalue weighted by Gasteiger charge is 2.07. The molecule has 0 unspecified atom stereocenters. The van der Waals surface area contributed by atoms with Gasteiger partial charge in [0.2, 0.25) is 0 Å². The largest absolute Gasteiger partial charge is 0.392 e. The van der Waals surface area contributed by atoms with Crippen molar-refractivity contribution in [3.63, 3.8) is 0 Å². The Hall–Kier alpha value is 0.320. The first-order valence-corrected chi connectivity index (χ1v) is 4.77. The Kier molecular flexibility index (Phi) is 3.27. The zero-order valence-electron chi connectivity index (χ0n) is 5.44. The first-order valence-electron chi connectivity index (χ1n) is 2.90. The lowest BCUT2D eigenvalue weighted by molar-refractivity contribution is 0.275. The lowest BCUT2D eigenvalue weighted by Crippen LogP contribution is -1.93. The molecule has 0 aliphatic carbocycles. The molecule has 0 aliphatic rings. The SMILES string of the molecule is OCc1ccc(Br)c(I)c1F. The van der Waals surface area contributed by atoms with Crippen LogP contribution in [0.15, 0.2) is 16.6 Å².